The number of anilines is 1. The molecular formula is C13H21N3O. The smallest absolute Gasteiger partial charge is 0.225 e. The quantitative estimate of drug-likeness (QED) is 0.747. The molecule has 1 aliphatic heterocycles. The van der Waals surface area contributed by atoms with E-state index in [-0.39, 0.29) is 5.41 Å². The summed E-state index contributed by atoms with van der Waals surface area (Å²) in [5, 5.41) is 0. The molecule has 4 heteroatoms. The normalized spacial score (nSPS) is 22.3. The van der Waals surface area contributed by atoms with Gasteiger partial charge in [-0.25, -0.2) is 9.97 Å². The van der Waals surface area contributed by atoms with Crippen LogP contribution in [0.1, 0.15) is 27.2 Å². The van der Waals surface area contributed by atoms with Gasteiger partial charge in [0.1, 0.15) is 0 Å². The molecule has 1 fully saturated rings. The fraction of sp³-hybridized carbons (Fsp3) is 0.692. The van der Waals surface area contributed by atoms with Crippen molar-refractivity contribution in [3.63, 3.8) is 0 Å². The summed E-state index contributed by atoms with van der Waals surface area (Å²) in [5.74, 6) is 0.811. The van der Waals surface area contributed by atoms with Gasteiger partial charge in [0, 0.05) is 25.5 Å². The van der Waals surface area contributed by atoms with Crippen LogP contribution in [0.4, 0.5) is 5.95 Å². The molecule has 0 saturated carbocycles. The van der Waals surface area contributed by atoms with Gasteiger partial charge < -0.3 is 9.64 Å². The second-order valence-corrected chi connectivity index (χ2v) is 5.55. The number of aromatic nitrogens is 2. The molecule has 1 saturated heterocycles. The zero-order valence-corrected chi connectivity index (χ0v) is 10.9. The molecule has 0 amide bonds. The zero-order chi connectivity index (χ0) is 12.3. The van der Waals surface area contributed by atoms with Crippen molar-refractivity contribution in [2.45, 2.75) is 33.3 Å². The molecule has 1 aromatic rings. The van der Waals surface area contributed by atoms with Gasteiger partial charge in [0.2, 0.25) is 5.95 Å². The summed E-state index contributed by atoms with van der Waals surface area (Å²) in [6.07, 6.45) is 4.92. The maximum Gasteiger partial charge on any atom is 0.225 e. The summed E-state index contributed by atoms with van der Waals surface area (Å²) < 4.78 is 5.92. The van der Waals surface area contributed by atoms with Crippen molar-refractivity contribution in [1.82, 2.24) is 9.97 Å². The predicted octanol–water partition coefficient (Wildman–Crippen LogP) is 2.12. The van der Waals surface area contributed by atoms with Gasteiger partial charge in [0.05, 0.1) is 12.7 Å². The van der Waals surface area contributed by atoms with Gasteiger partial charge >= 0.3 is 0 Å². The second kappa shape index (κ2) is 5.00. The van der Waals surface area contributed by atoms with Crippen molar-refractivity contribution in [3.8, 4) is 0 Å². The Morgan fingerprint density at radius 2 is 1.94 bits per heavy atom. The second-order valence-electron chi connectivity index (χ2n) is 5.55. The Balaban J connectivity index is 2.01. The third-order valence-corrected chi connectivity index (χ3v) is 3.14. The maximum absolute atomic E-state index is 5.92. The average Bonchev–Trinajstić information content (AvgIpc) is 2.55. The SMILES string of the molecule is CC(C)(C)C1CCN(c2ncccn2)CCO1. The van der Waals surface area contributed by atoms with Crippen LogP contribution < -0.4 is 4.90 Å². The molecule has 17 heavy (non-hydrogen) atoms. The van der Waals surface area contributed by atoms with Crippen LogP contribution in [0.5, 0.6) is 0 Å². The van der Waals surface area contributed by atoms with Crippen molar-refractivity contribution in [1.29, 1.82) is 0 Å². The summed E-state index contributed by atoms with van der Waals surface area (Å²) >= 11 is 0. The van der Waals surface area contributed by atoms with Gasteiger partial charge in [-0.3, -0.25) is 0 Å². The number of nitrogens with zero attached hydrogens (tertiary/aromatic N) is 3. The molecule has 1 aromatic heterocycles. The molecule has 4 nitrogen and oxygen atoms in total. The molecular weight excluding hydrogens is 214 g/mol. The lowest BCUT2D eigenvalue weighted by molar-refractivity contribution is -0.00905. The fourth-order valence-corrected chi connectivity index (χ4v) is 2.11. The van der Waals surface area contributed by atoms with Gasteiger partial charge in [-0.15, -0.1) is 0 Å². The highest BCUT2D eigenvalue weighted by atomic mass is 16.5. The lowest BCUT2D eigenvalue weighted by Crippen LogP contribution is -2.30. The topological polar surface area (TPSA) is 38.2 Å². The van der Waals surface area contributed by atoms with E-state index < -0.39 is 0 Å². The zero-order valence-electron chi connectivity index (χ0n) is 10.9. The molecule has 0 bridgehead atoms. The highest BCUT2D eigenvalue weighted by molar-refractivity contribution is 5.28. The van der Waals surface area contributed by atoms with Crippen LogP contribution >= 0.6 is 0 Å². The number of rotatable bonds is 1. The Morgan fingerprint density at radius 1 is 1.24 bits per heavy atom. The Bertz CT molecular complexity index is 347. The molecule has 1 unspecified atom stereocenters. The van der Waals surface area contributed by atoms with Crippen LogP contribution in [-0.4, -0.2) is 35.8 Å². The van der Waals surface area contributed by atoms with E-state index in [0.717, 1.165) is 32.1 Å². The van der Waals surface area contributed by atoms with E-state index in [1.54, 1.807) is 12.4 Å². The van der Waals surface area contributed by atoms with Gasteiger partial charge in [-0.1, -0.05) is 20.8 Å². The highest BCUT2D eigenvalue weighted by Gasteiger charge is 2.28. The molecule has 94 valence electrons. The summed E-state index contributed by atoms with van der Waals surface area (Å²) in [5.41, 5.74) is 0.202. The van der Waals surface area contributed by atoms with Crippen LogP contribution in [-0.2, 0) is 4.74 Å². The van der Waals surface area contributed by atoms with Gasteiger partial charge in [-0.05, 0) is 17.9 Å². The van der Waals surface area contributed by atoms with E-state index >= 15 is 0 Å². The van der Waals surface area contributed by atoms with Gasteiger partial charge in [-0.2, -0.15) is 0 Å². The Labute approximate surface area is 103 Å². The predicted molar refractivity (Wildman–Crippen MR) is 68.1 cm³/mol. The van der Waals surface area contributed by atoms with E-state index in [9.17, 15) is 0 Å². The number of hydrogen-bond donors (Lipinski definition) is 0. The lowest BCUT2D eigenvalue weighted by Gasteiger charge is -2.29. The average molecular weight is 235 g/mol. The Morgan fingerprint density at radius 3 is 2.59 bits per heavy atom. The fourth-order valence-electron chi connectivity index (χ4n) is 2.11. The highest BCUT2D eigenvalue weighted by Crippen LogP contribution is 2.27. The third kappa shape index (κ3) is 3.16. The standard InChI is InChI=1S/C13H21N3O/c1-13(2,3)11-5-8-16(9-10-17-11)12-14-6-4-7-15-12/h4,6-7,11H,5,8-10H2,1-3H3. The molecule has 0 radical (unpaired) electrons. The van der Waals surface area contributed by atoms with Crippen molar-refractivity contribution in [3.05, 3.63) is 18.5 Å². The molecule has 0 N–H and O–H groups in total. The van der Waals surface area contributed by atoms with E-state index in [4.69, 9.17) is 4.74 Å². The van der Waals surface area contributed by atoms with Crippen molar-refractivity contribution in [2.24, 2.45) is 5.41 Å². The molecule has 0 aliphatic carbocycles. The Hall–Kier alpha value is -1.16. The minimum atomic E-state index is 0.202. The number of ether oxygens (including phenoxy) is 1. The first-order chi connectivity index (χ1) is 8.07. The first-order valence-corrected chi connectivity index (χ1v) is 6.21. The first-order valence-electron chi connectivity index (χ1n) is 6.21. The molecule has 2 rings (SSSR count). The maximum atomic E-state index is 5.92. The van der Waals surface area contributed by atoms with E-state index in [2.05, 4.69) is 35.6 Å². The Kier molecular flexibility index (Phi) is 3.62. The van der Waals surface area contributed by atoms with Crippen molar-refractivity contribution >= 4 is 5.95 Å². The molecule has 0 aromatic carbocycles. The van der Waals surface area contributed by atoms with Crippen molar-refractivity contribution in [2.75, 3.05) is 24.6 Å². The van der Waals surface area contributed by atoms with Crippen LogP contribution in [0.15, 0.2) is 18.5 Å². The minimum Gasteiger partial charge on any atom is -0.376 e. The van der Waals surface area contributed by atoms with Gasteiger partial charge in [0.15, 0.2) is 0 Å². The third-order valence-electron chi connectivity index (χ3n) is 3.14. The van der Waals surface area contributed by atoms with Crippen LogP contribution in [0.2, 0.25) is 0 Å². The van der Waals surface area contributed by atoms with Crippen LogP contribution in [0.25, 0.3) is 0 Å². The summed E-state index contributed by atoms with van der Waals surface area (Å²) in [4.78, 5) is 10.8. The number of hydrogen-bond acceptors (Lipinski definition) is 4. The monoisotopic (exact) mass is 235 g/mol. The molecule has 1 atom stereocenters. The molecule has 0 spiro atoms. The molecule has 1 aliphatic rings. The lowest BCUT2D eigenvalue weighted by atomic mass is 9.87. The minimum absolute atomic E-state index is 0.202. The van der Waals surface area contributed by atoms with E-state index in [0.29, 0.717) is 6.10 Å². The summed E-state index contributed by atoms with van der Waals surface area (Å²) in [6.45, 7) is 9.27. The largest absolute Gasteiger partial charge is 0.376 e. The summed E-state index contributed by atoms with van der Waals surface area (Å²) in [7, 11) is 0. The van der Waals surface area contributed by atoms with Gasteiger partial charge in [0.25, 0.3) is 0 Å². The van der Waals surface area contributed by atoms with E-state index in [1.165, 1.54) is 0 Å². The molecule has 2 heterocycles. The first kappa shape index (κ1) is 12.3. The summed E-state index contributed by atoms with van der Waals surface area (Å²) in [6, 6.07) is 1.84. The van der Waals surface area contributed by atoms with Crippen LogP contribution in [0, 0.1) is 5.41 Å². The van der Waals surface area contributed by atoms with Crippen LogP contribution in [0.3, 0.4) is 0 Å². The van der Waals surface area contributed by atoms with E-state index in [1.807, 2.05) is 6.07 Å². The van der Waals surface area contributed by atoms with Crippen molar-refractivity contribution < 1.29 is 4.74 Å².